The lowest BCUT2D eigenvalue weighted by Gasteiger charge is -2.11. The van der Waals surface area contributed by atoms with E-state index in [0.29, 0.717) is 6.04 Å². The van der Waals surface area contributed by atoms with Gasteiger partial charge in [0.05, 0.1) is 29.9 Å². The van der Waals surface area contributed by atoms with E-state index in [9.17, 15) is 0 Å². The van der Waals surface area contributed by atoms with Gasteiger partial charge in [-0.25, -0.2) is 9.97 Å². The zero-order chi connectivity index (χ0) is 12.5. The molecule has 18 heavy (non-hydrogen) atoms. The highest BCUT2D eigenvalue weighted by molar-refractivity contribution is 9.10. The zero-order valence-electron chi connectivity index (χ0n) is 10.2. The molecule has 0 amide bonds. The molecule has 4 nitrogen and oxygen atoms in total. The maximum Gasteiger partial charge on any atom is 0.106 e. The number of nitrogens with zero attached hydrogens (tertiary/aromatic N) is 3. The second-order valence-corrected chi connectivity index (χ2v) is 5.46. The van der Waals surface area contributed by atoms with Crippen LogP contribution in [0.2, 0.25) is 0 Å². The molecule has 1 aliphatic rings. The molecule has 0 aliphatic heterocycles. The van der Waals surface area contributed by atoms with Gasteiger partial charge in [0.15, 0.2) is 0 Å². The first-order valence-electron chi connectivity index (χ1n) is 6.12. The fourth-order valence-corrected chi connectivity index (χ4v) is 2.45. The summed E-state index contributed by atoms with van der Waals surface area (Å²) < 4.78 is 3.14. The molecule has 0 bridgehead atoms. The molecule has 1 aliphatic carbocycles. The summed E-state index contributed by atoms with van der Waals surface area (Å²) in [7, 11) is 0. The van der Waals surface area contributed by atoms with Gasteiger partial charge in [0, 0.05) is 12.2 Å². The molecule has 1 fully saturated rings. The Bertz CT molecular complexity index is 560. The van der Waals surface area contributed by atoms with Crippen LogP contribution in [0, 0.1) is 6.92 Å². The summed E-state index contributed by atoms with van der Waals surface area (Å²) in [6.07, 6.45) is 6.43. The van der Waals surface area contributed by atoms with E-state index < -0.39 is 0 Å². The molecule has 0 saturated heterocycles. The Morgan fingerprint density at radius 1 is 1.44 bits per heavy atom. The first-order valence-corrected chi connectivity index (χ1v) is 6.91. The molecule has 5 heteroatoms. The average Bonchev–Trinajstić information content (AvgIpc) is 3.08. The van der Waals surface area contributed by atoms with Crippen LogP contribution in [0.3, 0.4) is 0 Å². The van der Waals surface area contributed by atoms with Crippen molar-refractivity contribution in [2.24, 2.45) is 0 Å². The van der Waals surface area contributed by atoms with Crippen molar-refractivity contribution in [3.63, 3.8) is 0 Å². The van der Waals surface area contributed by atoms with Crippen molar-refractivity contribution < 1.29 is 0 Å². The second-order valence-electron chi connectivity index (χ2n) is 4.64. The molecule has 0 aromatic carbocycles. The number of pyridine rings is 1. The Balaban J connectivity index is 1.71. The van der Waals surface area contributed by atoms with Crippen molar-refractivity contribution in [3.05, 3.63) is 40.6 Å². The first kappa shape index (κ1) is 11.7. The molecule has 0 spiro atoms. The van der Waals surface area contributed by atoms with E-state index >= 15 is 0 Å². The van der Waals surface area contributed by atoms with Crippen molar-refractivity contribution in [2.45, 2.75) is 32.4 Å². The number of imidazole rings is 1. The summed E-state index contributed by atoms with van der Waals surface area (Å²) in [5, 5.41) is 3.42. The van der Waals surface area contributed by atoms with Gasteiger partial charge in [-0.2, -0.15) is 0 Å². The van der Waals surface area contributed by atoms with E-state index in [1.165, 1.54) is 18.5 Å². The van der Waals surface area contributed by atoms with Crippen molar-refractivity contribution in [1.82, 2.24) is 14.5 Å². The fourth-order valence-electron chi connectivity index (χ4n) is 2.05. The number of nitrogens with one attached hydrogen (secondary N) is 1. The molecule has 0 atom stereocenters. The van der Waals surface area contributed by atoms with Crippen LogP contribution < -0.4 is 5.32 Å². The van der Waals surface area contributed by atoms with Crippen LogP contribution in [0.5, 0.6) is 0 Å². The minimum absolute atomic E-state index is 0.674. The van der Waals surface area contributed by atoms with Gasteiger partial charge in [0.25, 0.3) is 0 Å². The Hall–Kier alpha value is -1.36. The van der Waals surface area contributed by atoms with Gasteiger partial charge in [-0.05, 0) is 47.8 Å². The van der Waals surface area contributed by atoms with Crippen molar-refractivity contribution in [2.75, 3.05) is 5.32 Å². The number of aromatic nitrogens is 3. The number of hydrogen-bond acceptors (Lipinski definition) is 3. The lowest BCUT2D eigenvalue weighted by atomic mass is 10.3. The molecule has 0 radical (unpaired) electrons. The number of hydrogen-bond donors (Lipinski definition) is 1. The third-order valence-electron chi connectivity index (χ3n) is 3.20. The van der Waals surface area contributed by atoms with Crippen LogP contribution in [-0.2, 0) is 6.54 Å². The van der Waals surface area contributed by atoms with E-state index in [2.05, 4.69) is 35.8 Å². The smallest absolute Gasteiger partial charge is 0.106 e. The van der Waals surface area contributed by atoms with Crippen LogP contribution in [0.1, 0.15) is 30.3 Å². The van der Waals surface area contributed by atoms with Gasteiger partial charge >= 0.3 is 0 Å². The minimum atomic E-state index is 0.674. The lowest BCUT2D eigenvalue weighted by molar-refractivity contribution is 0.701. The molecule has 1 N–H and O–H groups in total. The van der Waals surface area contributed by atoms with Gasteiger partial charge in [-0.15, -0.1) is 0 Å². The van der Waals surface area contributed by atoms with Gasteiger partial charge in [0.1, 0.15) is 4.60 Å². The zero-order valence-corrected chi connectivity index (χ0v) is 11.8. The summed E-state index contributed by atoms with van der Waals surface area (Å²) in [5.41, 5.74) is 3.31. The Kier molecular flexibility index (Phi) is 3.07. The number of aryl methyl sites for hydroxylation is 1. The maximum atomic E-state index is 4.38. The van der Waals surface area contributed by atoms with Gasteiger partial charge < -0.3 is 9.88 Å². The van der Waals surface area contributed by atoms with Crippen LogP contribution >= 0.6 is 15.9 Å². The maximum absolute atomic E-state index is 4.38. The first-order chi connectivity index (χ1) is 8.74. The van der Waals surface area contributed by atoms with Crippen LogP contribution in [0.25, 0.3) is 0 Å². The molecule has 0 unspecified atom stereocenters. The van der Waals surface area contributed by atoms with E-state index in [-0.39, 0.29) is 0 Å². The Morgan fingerprint density at radius 2 is 2.28 bits per heavy atom. The SMILES string of the molecule is Cc1nc(Br)ccc1NCc1cncn1C1CC1. The number of halogens is 1. The largest absolute Gasteiger partial charge is 0.378 e. The highest BCUT2D eigenvalue weighted by Gasteiger charge is 2.24. The van der Waals surface area contributed by atoms with Crippen molar-refractivity contribution in [3.8, 4) is 0 Å². The summed E-state index contributed by atoms with van der Waals surface area (Å²) in [6.45, 7) is 2.80. The lowest BCUT2D eigenvalue weighted by Crippen LogP contribution is -2.07. The summed E-state index contributed by atoms with van der Waals surface area (Å²) in [4.78, 5) is 8.61. The van der Waals surface area contributed by atoms with E-state index in [1.54, 1.807) is 0 Å². The standard InChI is InChI=1S/C13H15BrN4/c1-9-12(4-5-13(14)17-9)16-7-11-6-15-8-18(11)10-2-3-10/h4-6,8,10,16H,2-3,7H2,1H3. The van der Waals surface area contributed by atoms with Crippen molar-refractivity contribution >= 4 is 21.6 Å². The predicted octanol–water partition coefficient (Wildman–Crippen LogP) is 3.30. The normalized spacial score (nSPS) is 14.8. The predicted molar refractivity (Wildman–Crippen MR) is 74.5 cm³/mol. The topological polar surface area (TPSA) is 42.7 Å². The highest BCUT2D eigenvalue weighted by Crippen LogP contribution is 2.35. The summed E-state index contributed by atoms with van der Waals surface area (Å²) in [6, 6.07) is 4.67. The molecule has 2 aromatic heterocycles. The molecule has 94 valence electrons. The van der Waals surface area contributed by atoms with E-state index in [4.69, 9.17) is 0 Å². The van der Waals surface area contributed by atoms with Gasteiger partial charge in [0.2, 0.25) is 0 Å². The molecule has 2 aromatic rings. The molecule has 2 heterocycles. The Morgan fingerprint density at radius 3 is 3.00 bits per heavy atom. The fraction of sp³-hybridized carbons (Fsp3) is 0.385. The summed E-state index contributed by atoms with van der Waals surface area (Å²) >= 11 is 3.37. The quantitative estimate of drug-likeness (QED) is 0.881. The van der Waals surface area contributed by atoms with E-state index in [1.807, 2.05) is 31.6 Å². The highest BCUT2D eigenvalue weighted by atomic mass is 79.9. The minimum Gasteiger partial charge on any atom is -0.378 e. The van der Waals surface area contributed by atoms with Crippen LogP contribution in [0.15, 0.2) is 29.3 Å². The molecule has 3 rings (SSSR count). The Labute approximate surface area is 115 Å². The summed E-state index contributed by atoms with van der Waals surface area (Å²) in [5.74, 6) is 0. The van der Waals surface area contributed by atoms with E-state index in [0.717, 1.165) is 22.5 Å². The molecule has 1 saturated carbocycles. The third kappa shape index (κ3) is 2.41. The third-order valence-corrected chi connectivity index (χ3v) is 3.64. The van der Waals surface area contributed by atoms with Crippen molar-refractivity contribution in [1.29, 1.82) is 0 Å². The van der Waals surface area contributed by atoms with Crippen LogP contribution in [0.4, 0.5) is 5.69 Å². The second kappa shape index (κ2) is 4.72. The monoisotopic (exact) mass is 306 g/mol. The molecular weight excluding hydrogens is 292 g/mol. The number of anilines is 1. The average molecular weight is 307 g/mol. The number of rotatable bonds is 4. The van der Waals surface area contributed by atoms with Gasteiger partial charge in [-0.1, -0.05) is 0 Å². The molecular formula is C13H15BrN4. The van der Waals surface area contributed by atoms with Gasteiger partial charge in [-0.3, -0.25) is 0 Å². The van der Waals surface area contributed by atoms with Crippen LogP contribution in [-0.4, -0.2) is 14.5 Å².